The molecule has 1 atom stereocenters. The molecule has 1 unspecified atom stereocenters. The van der Waals surface area contributed by atoms with Gasteiger partial charge in [0.05, 0.1) is 0 Å². The smallest absolute Gasteiger partial charge is 0.315 e. The summed E-state index contributed by atoms with van der Waals surface area (Å²) >= 11 is 0. The zero-order valence-corrected chi connectivity index (χ0v) is 17.3. The van der Waals surface area contributed by atoms with E-state index in [1.54, 1.807) is 0 Å². The number of carbonyl (C=O) groups excluding carboxylic acids is 2. The molecule has 5 nitrogen and oxygen atoms in total. The van der Waals surface area contributed by atoms with E-state index in [2.05, 4.69) is 29.8 Å². The van der Waals surface area contributed by atoms with Gasteiger partial charge in [0, 0.05) is 12.2 Å². The van der Waals surface area contributed by atoms with Crippen LogP contribution in [-0.4, -0.2) is 24.5 Å². The second kappa shape index (κ2) is 15.3. The number of carbonyl (C=O) groups is 2. The Hall–Kier alpha value is -1.78. The lowest BCUT2D eigenvalue weighted by Crippen LogP contribution is -2.49. The number of rotatable bonds is 15. The molecule has 0 spiro atoms. The van der Waals surface area contributed by atoms with Crippen LogP contribution in [0.3, 0.4) is 0 Å². The summed E-state index contributed by atoms with van der Waals surface area (Å²) in [6.07, 6.45) is 18.9. The molecule has 0 saturated heterocycles. The summed E-state index contributed by atoms with van der Waals surface area (Å²) in [5.74, 6) is -0.126. The number of nitrogens with one attached hydrogen (secondary N) is 3. The second-order valence-corrected chi connectivity index (χ2v) is 7.36. The first-order chi connectivity index (χ1) is 13.2. The van der Waals surface area contributed by atoms with Crippen molar-refractivity contribution in [1.82, 2.24) is 16.0 Å². The van der Waals surface area contributed by atoms with Crippen molar-refractivity contribution in [2.45, 2.75) is 96.9 Å². The van der Waals surface area contributed by atoms with E-state index in [1.807, 2.05) is 18.2 Å². The topological polar surface area (TPSA) is 70.2 Å². The van der Waals surface area contributed by atoms with E-state index in [-0.39, 0.29) is 11.9 Å². The summed E-state index contributed by atoms with van der Waals surface area (Å²) in [7, 11) is 0. The van der Waals surface area contributed by atoms with Crippen LogP contribution in [0.15, 0.2) is 23.9 Å². The maximum atomic E-state index is 12.5. The van der Waals surface area contributed by atoms with E-state index < -0.39 is 6.04 Å². The molecule has 3 N–H and O–H groups in total. The zero-order chi connectivity index (χ0) is 19.7. The molecule has 27 heavy (non-hydrogen) atoms. The summed E-state index contributed by atoms with van der Waals surface area (Å²) in [6, 6.07) is -0.726. The first-order valence-corrected chi connectivity index (χ1v) is 10.9. The van der Waals surface area contributed by atoms with Crippen LogP contribution in [0.2, 0.25) is 0 Å². The standard InChI is InChI=1S/C22H39N3O2/c1-3-5-7-9-10-14-18-23-22(27)25-20(17-11-8-6-4-2)21(26)24-19-15-12-13-16-19/h12,15-16,20H,3-11,13-14,17-18H2,1-2H3,(H,24,26)(H2,23,25,27). The predicted octanol–water partition coefficient (Wildman–Crippen LogP) is 4.95. The Labute approximate surface area is 165 Å². The highest BCUT2D eigenvalue weighted by atomic mass is 16.2. The van der Waals surface area contributed by atoms with Gasteiger partial charge < -0.3 is 16.0 Å². The fraction of sp³-hybridized carbons (Fsp3) is 0.727. The third kappa shape index (κ3) is 11.5. The van der Waals surface area contributed by atoms with Gasteiger partial charge in [-0.05, 0) is 25.3 Å². The van der Waals surface area contributed by atoms with Crippen LogP contribution >= 0.6 is 0 Å². The minimum atomic E-state index is -0.485. The Kier molecular flexibility index (Phi) is 13.2. The van der Waals surface area contributed by atoms with Gasteiger partial charge in [-0.3, -0.25) is 4.79 Å². The van der Waals surface area contributed by atoms with Crippen molar-refractivity contribution in [3.8, 4) is 0 Å². The van der Waals surface area contributed by atoms with Crippen LogP contribution in [0.4, 0.5) is 4.79 Å². The first-order valence-electron chi connectivity index (χ1n) is 10.9. The monoisotopic (exact) mass is 377 g/mol. The van der Waals surface area contributed by atoms with Crippen LogP contribution < -0.4 is 16.0 Å². The Bertz CT molecular complexity index is 486. The number of allylic oxidation sites excluding steroid dienone is 3. The van der Waals surface area contributed by atoms with E-state index in [0.717, 1.165) is 50.6 Å². The fourth-order valence-electron chi connectivity index (χ4n) is 3.14. The van der Waals surface area contributed by atoms with Crippen molar-refractivity contribution < 1.29 is 9.59 Å². The molecule has 0 aromatic heterocycles. The van der Waals surface area contributed by atoms with Crippen LogP contribution in [0.25, 0.3) is 0 Å². The molecule has 0 aliphatic heterocycles. The highest BCUT2D eigenvalue weighted by Gasteiger charge is 2.21. The van der Waals surface area contributed by atoms with E-state index in [0.29, 0.717) is 13.0 Å². The number of urea groups is 1. The summed E-state index contributed by atoms with van der Waals surface area (Å²) < 4.78 is 0. The Balaban J connectivity index is 2.33. The number of hydrogen-bond acceptors (Lipinski definition) is 2. The Morgan fingerprint density at radius 2 is 1.63 bits per heavy atom. The molecule has 0 bridgehead atoms. The lowest BCUT2D eigenvalue weighted by molar-refractivity contribution is -0.122. The third-order valence-electron chi connectivity index (χ3n) is 4.82. The van der Waals surface area contributed by atoms with Gasteiger partial charge in [0.2, 0.25) is 5.91 Å². The molecule has 1 aliphatic carbocycles. The van der Waals surface area contributed by atoms with Gasteiger partial charge >= 0.3 is 6.03 Å². The molecule has 1 rings (SSSR count). The number of unbranched alkanes of at least 4 members (excludes halogenated alkanes) is 8. The van der Waals surface area contributed by atoms with Crippen LogP contribution in [0.5, 0.6) is 0 Å². The molecule has 3 amide bonds. The van der Waals surface area contributed by atoms with E-state index in [1.165, 1.54) is 25.7 Å². The summed E-state index contributed by atoms with van der Waals surface area (Å²) in [5, 5.41) is 8.67. The Morgan fingerprint density at radius 3 is 2.30 bits per heavy atom. The number of amides is 3. The van der Waals surface area contributed by atoms with Crippen molar-refractivity contribution in [2.24, 2.45) is 0 Å². The van der Waals surface area contributed by atoms with Crippen molar-refractivity contribution >= 4 is 11.9 Å². The highest BCUT2D eigenvalue weighted by molar-refractivity contribution is 5.88. The average Bonchev–Trinajstić information content (AvgIpc) is 3.16. The molecule has 0 aromatic carbocycles. The fourth-order valence-corrected chi connectivity index (χ4v) is 3.14. The summed E-state index contributed by atoms with van der Waals surface area (Å²) in [5.41, 5.74) is 0.827. The van der Waals surface area contributed by atoms with Gasteiger partial charge in [-0.2, -0.15) is 0 Å². The molecule has 5 heteroatoms. The molecular formula is C22H39N3O2. The van der Waals surface area contributed by atoms with Gasteiger partial charge in [0.1, 0.15) is 6.04 Å². The number of hydrogen-bond donors (Lipinski definition) is 3. The molecule has 0 saturated carbocycles. The summed E-state index contributed by atoms with van der Waals surface area (Å²) in [4.78, 5) is 24.7. The minimum Gasteiger partial charge on any atom is -0.338 e. The molecule has 1 aliphatic rings. The maximum absolute atomic E-state index is 12.5. The second-order valence-electron chi connectivity index (χ2n) is 7.36. The quantitative estimate of drug-likeness (QED) is 0.354. The van der Waals surface area contributed by atoms with E-state index in [9.17, 15) is 9.59 Å². The van der Waals surface area contributed by atoms with Crippen molar-refractivity contribution in [3.63, 3.8) is 0 Å². The lowest BCUT2D eigenvalue weighted by atomic mass is 10.1. The van der Waals surface area contributed by atoms with E-state index >= 15 is 0 Å². The molecular weight excluding hydrogens is 338 g/mol. The van der Waals surface area contributed by atoms with Gasteiger partial charge in [-0.15, -0.1) is 0 Å². The van der Waals surface area contributed by atoms with Crippen molar-refractivity contribution in [3.05, 3.63) is 23.9 Å². The maximum Gasteiger partial charge on any atom is 0.315 e. The van der Waals surface area contributed by atoms with Crippen molar-refractivity contribution in [1.29, 1.82) is 0 Å². The van der Waals surface area contributed by atoms with Crippen molar-refractivity contribution in [2.75, 3.05) is 6.54 Å². The van der Waals surface area contributed by atoms with Gasteiger partial charge in [0.15, 0.2) is 0 Å². The normalized spacial score (nSPS) is 13.9. The van der Waals surface area contributed by atoms with Crippen LogP contribution in [0.1, 0.15) is 90.9 Å². The lowest BCUT2D eigenvalue weighted by Gasteiger charge is -2.19. The first kappa shape index (κ1) is 23.3. The third-order valence-corrected chi connectivity index (χ3v) is 4.82. The average molecular weight is 378 g/mol. The highest BCUT2D eigenvalue weighted by Crippen LogP contribution is 2.09. The van der Waals surface area contributed by atoms with Gasteiger partial charge in [-0.1, -0.05) is 83.8 Å². The predicted molar refractivity (Wildman–Crippen MR) is 112 cm³/mol. The van der Waals surface area contributed by atoms with Crippen LogP contribution in [-0.2, 0) is 4.79 Å². The molecule has 0 heterocycles. The SMILES string of the molecule is CCCCCCCCNC(=O)NC(CCCCCC)C(=O)NC1=CCC=C1. The van der Waals surface area contributed by atoms with Gasteiger partial charge in [0.25, 0.3) is 0 Å². The molecule has 0 fully saturated rings. The minimum absolute atomic E-state index is 0.126. The van der Waals surface area contributed by atoms with Crippen LogP contribution in [0, 0.1) is 0 Å². The largest absolute Gasteiger partial charge is 0.338 e. The van der Waals surface area contributed by atoms with E-state index in [4.69, 9.17) is 0 Å². The zero-order valence-electron chi connectivity index (χ0n) is 17.3. The summed E-state index contributed by atoms with van der Waals surface area (Å²) in [6.45, 7) is 5.04. The molecule has 154 valence electrons. The molecule has 0 radical (unpaired) electrons. The molecule has 0 aromatic rings. The van der Waals surface area contributed by atoms with Gasteiger partial charge in [-0.25, -0.2) is 4.79 Å². The Morgan fingerprint density at radius 1 is 0.963 bits per heavy atom.